The van der Waals surface area contributed by atoms with E-state index in [9.17, 15) is 9.90 Å². The van der Waals surface area contributed by atoms with E-state index in [1.807, 2.05) is 17.9 Å². The fourth-order valence-corrected chi connectivity index (χ4v) is 4.11. The molecule has 3 unspecified atom stereocenters. The van der Waals surface area contributed by atoms with E-state index in [1.165, 1.54) is 4.88 Å². The zero-order valence-corrected chi connectivity index (χ0v) is 14.7. The largest absolute Gasteiger partial charge is 0.467 e. The van der Waals surface area contributed by atoms with Crippen LogP contribution in [0.5, 0.6) is 0 Å². The first-order valence-electron chi connectivity index (χ1n) is 8.44. The number of furan rings is 1. The van der Waals surface area contributed by atoms with Gasteiger partial charge in [0.2, 0.25) is 0 Å². The van der Waals surface area contributed by atoms with Crippen LogP contribution in [0.1, 0.15) is 42.9 Å². The summed E-state index contributed by atoms with van der Waals surface area (Å²) in [5.74, 6) is 0.563. The van der Waals surface area contributed by atoms with Gasteiger partial charge >= 0.3 is 6.03 Å². The average Bonchev–Trinajstić information content (AvgIpc) is 3.29. The zero-order chi connectivity index (χ0) is 16.9. The highest BCUT2D eigenvalue weighted by Crippen LogP contribution is 2.27. The maximum absolute atomic E-state index is 12.6. The van der Waals surface area contributed by atoms with Crippen LogP contribution in [0, 0.1) is 0 Å². The summed E-state index contributed by atoms with van der Waals surface area (Å²) < 4.78 is 5.26. The molecule has 0 radical (unpaired) electrons. The molecule has 3 rings (SSSR count). The number of thiophene rings is 1. The molecule has 2 aromatic heterocycles. The number of hydrogen-bond donors (Lipinski definition) is 2. The fourth-order valence-electron chi connectivity index (χ4n) is 3.28. The molecule has 0 saturated carbocycles. The lowest BCUT2D eigenvalue weighted by molar-refractivity contribution is 0.107. The molecule has 2 N–H and O–H groups in total. The van der Waals surface area contributed by atoms with Gasteiger partial charge in [-0.15, -0.1) is 11.3 Å². The van der Waals surface area contributed by atoms with E-state index in [4.69, 9.17) is 4.42 Å². The van der Waals surface area contributed by atoms with Gasteiger partial charge < -0.3 is 19.7 Å². The van der Waals surface area contributed by atoms with Crippen LogP contribution in [0.15, 0.2) is 40.3 Å². The van der Waals surface area contributed by atoms with E-state index in [0.717, 1.165) is 25.8 Å². The van der Waals surface area contributed by atoms with Gasteiger partial charge in [0.25, 0.3) is 0 Å². The van der Waals surface area contributed by atoms with Crippen molar-refractivity contribution >= 4 is 17.4 Å². The molecule has 0 spiro atoms. The molecule has 2 amide bonds. The monoisotopic (exact) mass is 348 g/mol. The van der Waals surface area contributed by atoms with E-state index in [-0.39, 0.29) is 18.1 Å². The number of aliphatic hydroxyl groups is 1. The van der Waals surface area contributed by atoms with Crippen LogP contribution in [0.3, 0.4) is 0 Å². The van der Waals surface area contributed by atoms with Crippen LogP contribution >= 0.6 is 11.3 Å². The number of rotatable bonds is 6. The molecule has 24 heavy (non-hydrogen) atoms. The number of amides is 2. The Bertz CT molecular complexity index is 627. The molecule has 130 valence electrons. The molecule has 3 heterocycles. The van der Waals surface area contributed by atoms with Crippen molar-refractivity contribution in [3.8, 4) is 0 Å². The van der Waals surface area contributed by atoms with Gasteiger partial charge in [-0.2, -0.15) is 0 Å². The highest BCUT2D eigenvalue weighted by Gasteiger charge is 2.31. The van der Waals surface area contributed by atoms with Gasteiger partial charge in [-0.1, -0.05) is 6.07 Å². The Labute approximate surface area is 146 Å². The normalized spacial score (nSPS) is 20.1. The first-order valence-corrected chi connectivity index (χ1v) is 9.32. The second-order valence-electron chi connectivity index (χ2n) is 6.39. The Morgan fingerprint density at radius 1 is 1.50 bits per heavy atom. The summed E-state index contributed by atoms with van der Waals surface area (Å²) in [4.78, 5) is 15.7. The van der Waals surface area contributed by atoms with E-state index in [0.29, 0.717) is 12.2 Å². The van der Waals surface area contributed by atoms with Gasteiger partial charge in [0, 0.05) is 36.3 Å². The SMILES string of the molecule is CC(Cc1cccs1)NC(=O)N1CCCC1CC(O)c1ccco1. The molecule has 2 aromatic rings. The van der Waals surface area contributed by atoms with Crippen LogP contribution in [-0.2, 0) is 6.42 Å². The fraction of sp³-hybridized carbons (Fsp3) is 0.500. The second kappa shape index (κ2) is 7.85. The summed E-state index contributed by atoms with van der Waals surface area (Å²) in [5.41, 5.74) is 0. The number of likely N-dealkylation sites (tertiary alicyclic amines) is 1. The number of aliphatic hydroxyl groups excluding tert-OH is 1. The predicted octanol–water partition coefficient (Wildman–Crippen LogP) is 3.57. The average molecular weight is 348 g/mol. The van der Waals surface area contributed by atoms with Crippen molar-refractivity contribution in [2.75, 3.05) is 6.54 Å². The number of nitrogens with one attached hydrogen (secondary N) is 1. The molecule has 3 atom stereocenters. The summed E-state index contributed by atoms with van der Waals surface area (Å²) in [7, 11) is 0. The van der Waals surface area contributed by atoms with Crippen molar-refractivity contribution < 1.29 is 14.3 Å². The molecular formula is C18H24N2O3S. The van der Waals surface area contributed by atoms with Crippen LogP contribution in [-0.4, -0.2) is 34.7 Å². The lowest BCUT2D eigenvalue weighted by atomic mass is 10.1. The first kappa shape index (κ1) is 17.0. The first-order chi connectivity index (χ1) is 11.6. The second-order valence-corrected chi connectivity index (χ2v) is 7.42. The van der Waals surface area contributed by atoms with Gasteiger partial charge in [-0.3, -0.25) is 0 Å². The quantitative estimate of drug-likeness (QED) is 0.839. The van der Waals surface area contributed by atoms with Crippen molar-refractivity contribution in [3.63, 3.8) is 0 Å². The molecule has 6 heteroatoms. The summed E-state index contributed by atoms with van der Waals surface area (Å²) in [6.45, 7) is 2.77. The number of urea groups is 1. The summed E-state index contributed by atoms with van der Waals surface area (Å²) in [6, 6.07) is 7.77. The minimum Gasteiger partial charge on any atom is -0.467 e. The number of carbonyl (C=O) groups is 1. The van der Waals surface area contributed by atoms with Gasteiger partial charge in [0.15, 0.2) is 0 Å². The number of carbonyl (C=O) groups excluding carboxylic acids is 1. The van der Waals surface area contributed by atoms with Crippen LogP contribution in [0.2, 0.25) is 0 Å². The summed E-state index contributed by atoms with van der Waals surface area (Å²) >= 11 is 1.71. The van der Waals surface area contributed by atoms with E-state index < -0.39 is 6.10 Å². The minimum atomic E-state index is -0.665. The van der Waals surface area contributed by atoms with Crippen molar-refractivity contribution in [2.45, 2.75) is 50.8 Å². The molecule has 0 aliphatic carbocycles. The van der Waals surface area contributed by atoms with Gasteiger partial charge in [0.05, 0.1) is 6.26 Å². The Hall–Kier alpha value is -1.79. The Morgan fingerprint density at radius 2 is 2.38 bits per heavy atom. The maximum Gasteiger partial charge on any atom is 0.317 e. The Balaban J connectivity index is 1.53. The third-order valence-electron chi connectivity index (χ3n) is 4.46. The number of hydrogen-bond acceptors (Lipinski definition) is 4. The lowest BCUT2D eigenvalue weighted by Gasteiger charge is -2.27. The molecule has 1 aliphatic heterocycles. The standard InChI is InChI=1S/C18H24N2O3S/c1-13(11-15-6-4-10-24-15)19-18(22)20-8-2-5-14(20)12-16(21)17-7-3-9-23-17/h3-4,6-7,9-10,13-14,16,21H,2,5,8,11-12H2,1H3,(H,19,22). The van der Waals surface area contributed by atoms with Crippen LogP contribution in [0.4, 0.5) is 4.79 Å². The Kier molecular flexibility index (Phi) is 5.58. The van der Waals surface area contributed by atoms with E-state index in [1.54, 1.807) is 29.7 Å². The number of nitrogens with zero attached hydrogens (tertiary/aromatic N) is 1. The summed E-state index contributed by atoms with van der Waals surface area (Å²) in [5, 5.41) is 15.4. The Morgan fingerprint density at radius 3 is 3.08 bits per heavy atom. The molecule has 0 bridgehead atoms. The molecule has 5 nitrogen and oxygen atoms in total. The highest BCUT2D eigenvalue weighted by atomic mass is 32.1. The van der Waals surface area contributed by atoms with E-state index in [2.05, 4.69) is 16.8 Å². The van der Waals surface area contributed by atoms with Crippen molar-refractivity contribution in [2.24, 2.45) is 0 Å². The molecule has 0 aromatic carbocycles. The third kappa shape index (κ3) is 4.19. The van der Waals surface area contributed by atoms with Gasteiger partial charge in [-0.05, 0) is 43.3 Å². The minimum absolute atomic E-state index is 0.0341. The topological polar surface area (TPSA) is 65.7 Å². The maximum atomic E-state index is 12.6. The van der Waals surface area contributed by atoms with Crippen molar-refractivity contribution in [3.05, 3.63) is 46.5 Å². The van der Waals surface area contributed by atoms with Crippen molar-refractivity contribution in [1.82, 2.24) is 10.2 Å². The van der Waals surface area contributed by atoms with Crippen LogP contribution in [0.25, 0.3) is 0 Å². The molecule has 1 fully saturated rings. The summed E-state index contributed by atoms with van der Waals surface area (Å²) in [6.07, 6.45) is 4.15. The van der Waals surface area contributed by atoms with Crippen molar-refractivity contribution in [1.29, 1.82) is 0 Å². The predicted molar refractivity (Wildman–Crippen MR) is 94.0 cm³/mol. The highest BCUT2D eigenvalue weighted by molar-refractivity contribution is 7.09. The molecule has 1 saturated heterocycles. The van der Waals surface area contributed by atoms with E-state index >= 15 is 0 Å². The lowest BCUT2D eigenvalue weighted by Crippen LogP contribution is -2.46. The molecule has 1 aliphatic rings. The third-order valence-corrected chi connectivity index (χ3v) is 5.36. The van der Waals surface area contributed by atoms with Gasteiger partial charge in [-0.25, -0.2) is 4.79 Å². The smallest absolute Gasteiger partial charge is 0.317 e. The van der Waals surface area contributed by atoms with Gasteiger partial charge in [0.1, 0.15) is 11.9 Å². The van der Waals surface area contributed by atoms with Crippen LogP contribution < -0.4 is 5.32 Å². The molecular weight excluding hydrogens is 324 g/mol. The zero-order valence-electron chi connectivity index (χ0n) is 13.9.